The van der Waals surface area contributed by atoms with Crippen LogP contribution in [0.15, 0.2) is 47.4 Å². The fourth-order valence-corrected chi connectivity index (χ4v) is 2.78. The molecule has 2 rings (SSSR count). The number of halogens is 2. The SMILES string of the molecule is O=C(O)c1cc(SCCOc2cccc(Cl)c2)ccc1Cl. The number of hydrogen-bond donors (Lipinski definition) is 1. The van der Waals surface area contributed by atoms with E-state index in [1.807, 2.05) is 12.1 Å². The van der Waals surface area contributed by atoms with E-state index >= 15 is 0 Å². The van der Waals surface area contributed by atoms with Gasteiger partial charge in [0.25, 0.3) is 0 Å². The lowest BCUT2D eigenvalue weighted by atomic mass is 10.2. The largest absolute Gasteiger partial charge is 0.493 e. The number of benzene rings is 2. The predicted octanol–water partition coefficient (Wildman–Crippen LogP) is 4.86. The van der Waals surface area contributed by atoms with E-state index < -0.39 is 5.97 Å². The molecule has 0 atom stereocenters. The summed E-state index contributed by atoms with van der Waals surface area (Å²) in [7, 11) is 0. The second-order valence-electron chi connectivity index (χ2n) is 4.10. The standard InChI is InChI=1S/C15H12Cl2O3S/c16-10-2-1-3-11(8-10)20-6-7-21-12-4-5-14(17)13(9-12)15(18)19/h1-5,8-9H,6-7H2,(H,18,19). The molecule has 110 valence electrons. The molecule has 0 heterocycles. The Hall–Kier alpha value is -1.36. The molecule has 3 nitrogen and oxygen atoms in total. The third-order valence-electron chi connectivity index (χ3n) is 2.59. The minimum absolute atomic E-state index is 0.109. The van der Waals surface area contributed by atoms with Crippen LogP contribution in [-0.4, -0.2) is 23.4 Å². The van der Waals surface area contributed by atoms with Gasteiger partial charge in [0.2, 0.25) is 0 Å². The first kappa shape index (κ1) is 16.0. The van der Waals surface area contributed by atoms with E-state index in [-0.39, 0.29) is 10.6 Å². The van der Waals surface area contributed by atoms with Crippen LogP contribution in [0.3, 0.4) is 0 Å². The van der Waals surface area contributed by atoms with Gasteiger partial charge < -0.3 is 9.84 Å². The van der Waals surface area contributed by atoms with E-state index in [0.717, 1.165) is 4.90 Å². The molecule has 21 heavy (non-hydrogen) atoms. The number of carboxylic acid groups (broad SMARTS) is 1. The Kier molecular flexibility index (Phi) is 5.79. The van der Waals surface area contributed by atoms with Crippen LogP contribution in [0.5, 0.6) is 5.75 Å². The van der Waals surface area contributed by atoms with Crippen molar-refractivity contribution in [3.05, 3.63) is 58.1 Å². The van der Waals surface area contributed by atoms with Gasteiger partial charge in [0.05, 0.1) is 17.2 Å². The van der Waals surface area contributed by atoms with Crippen LogP contribution in [0.4, 0.5) is 0 Å². The summed E-state index contributed by atoms with van der Waals surface area (Å²) in [6, 6.07) is 12.1. The molecular weight excluding hydrogens is 331 g/mol. The van der Waals surface area contributed by atoms with Crippen molar-refractivity contribution in [2.45, 2.75) is 4.90 Å². The molecule has 2 aromatic carbocycles. The monoisotopic (exact) mass is 342 g/mol. The van der Waals surface area contributed by atoms with Gasteiger partial charge in [-0.25, -0.2) is 4.79 Å². The van der Waals surface area contributed by atoms with Crippen LogP contribution < -0.4 is 4.74 Å². The molecule has 0 aliphatic rings. The average molecular weight is 343 g/mol. The first-order valence-electron chi connectivity index (χ1n) is 6.10. The van der Waals surface area contributed by atoms with E-state index in [1.165, 1.54) is 11.8 Å². The molecule has 0 unspecified atom stereocenters. The van der Waals surface area contributed by atoms with Crippen molar-refractivity contribution in [2.75, 3.05) is 12.4 Å². The highest BCUT2D eigenvalue weighted by molar-refractivity contribution is 7.99. The average Bonchev–Trinajstić information content (AvgIpc) is 2.45. The zero-order chi connectivity index (χ0) is 15.2. The van der Waals surface area contributed by atoms with Gasteiger partial charge in [-0.15, -0.1) is 11.8 Å². The highest BCUT2D eigenvalue weighted by atomic mass is 35.5. The molecule has 0 aromatic heterocycles. The Bertz CT molecular complexity index is 647. The van der Waals surface area contributed by atoms with Crippen LogP contribution in [0.2, 0.25) is 10.0 Å². The van der Waals surface area contributed by atoms with Crippen LogP contribution in [0.25, 0.3) is 0 Å². The molecule has 2 aromatic rings. The van der Waals surface area contributed by atoms with Crippen LogP contribution >= 0.6 is 35.0 Å². The maximum absolute atomic E-state index is 11.0. The van der Waals surface area contributed by atoms with E-state index in [4.69, 9.17) is 33.0 Å². The molecule has 0 aliphatic heterocycles. The number of carbonyl (C=O) groups is 1. The normalized spacial score (nSPS) is 10.4. The molecule has 0 bridgehead atoms. The molecule has 6 heteroatoms. The molecule has 0 aliphatic carbocycles. The highest BCUT2D eigenvalue weighted by Gasteiger charge is 2.09. The van der Waals surface area contributed by atoms with Crippen LogP contribution in [0.1, 0.15) is 10.4 Å². The summed E-state index contributed by atoms with van der Waals surface area (Å²) in [6.45, 7) is 0.496. The van der Waals surface area contributed by atoms with Gasteiger partial charge in [-0.1, -0.05) is 29.3 Å². The Labute approximate surface area is 136 Å². The Morgan fingerprint density at radius 2 is 2.00 bits per heavy atom. The van der Waals surface area contributed by atoms with Crippen LogP contribution in [-0.2, 0) is 0 Å². The van der Waals surface area contributed by atoms with Gasteiger partial charge in [0.1, 0.15) is 5.75 Å². The second-order valence-corrected chi connectivity index (χ2v) is 6.11. The summed E-state index contributed by atoms with van der Waals surface area (Å²) >= 11 is 13.2. The van der Waals surface area contributed by atoms with Crippen molar-refractivity contribution >= 4 is 40.9 Å². The van der Waals surface area contributed by atoms with Crippen LogP contribution in [0, 0.1) is 0 Å². The Morgan fingerprint density at radius 1 is 1.19 bits per heavy atom. The molecule has 0 saturated heterocycles. The number of thioether (sulfide) groups is 1. The molecule has 1 N–H and O–H groups in total. The molecular formula is C15H12Cl2O3S. The molecule has 0 spiro atoms. The highest BCUT2D eigenvalue weighted by Crippen LogP contribution is 2.25. The van der Waals surface area contributed by atoms with Crippen molar-refractivity contribution in [3.8, 4) is 5.75 Å². The number of carboxylic acids is 1. The summed E-state index contributed by atoms with van der Waals surface area (Å²) in [5.41, 5.74) is 0.109. The number of ether oxygens (including phenoxy) is 1. The Balaban J connectivity index is 1.86. The molecule has 0 saturated carbocycles. The van der Waals surface area contributed by atoms with Gasteiger partial charge in [-0.2, -0.15) is 0 Å². The van der Waals surface area contributed by atoms with Gasteiger partial charge in [-0.3, -0.25) is 0 Å². The summed E-state index contributed by atoms with van der Waals surface area (Å²) in [5.74, 6) is 0.371. The first-order valence-corrected chi connectivity index (χ1v) is 7.84. The third kappa shape index (κ3) is 4.84. The summed E-state index contributed by atoms with van der Waals surface area (Å²) in [4.78, 5) is 11.8. The molecule has 0 amide bonds. The first-order chi connectivity index (χ1) is 10.1. The van der Waals surface area contributed by atoms with E-state index in [1.54, 1.807) is 30.3 Å². The van der Waals surface area contributed by atoms with Gasteiger partial charge in [-0.05, 0) is 36.4 Å². The van der Waals surface area contributed by atoms with Gasteiger partial charge in [0.15, 0.2) is 0 Å². The maximum Gasteiger partial charge on any atom is 0.337 e. The number of hydrogen-bond acceptors (Lipinski definition) is 3. The number of aromatic carboxylic acids is 1. The fourth-order valence-electron chi connectivity index (χ4n) is 1.63. The van der Waals surface area contributed by atoms with Crippen molar-refractivity contribution in [1.82, 2.24) is 0 Å². The van der Waals surface area contributed by atoms with E-state index in [2.05, 4.69) is 0 Å². The summed E-state index contributed by atoms with van der Waals surface area (Å²) < 4.78 is 5.56. The zero-order valence-electron chi connectivity index (χ0n) is 10.9. The molecule has 0 fully saturated rings. The molecule has 0 radical (unpaired) electrons. The summed E-state index contributed by atoms with van der Waals surface area (Å²) in [5, 5.41) is 9.87. The number of rotatable bonds is 6. The minimum atomic E-state index is -1.03. The van der Waals surface area contributed by atoms with E-state index in [0.29, 0.717) is 23.1 Å². The smallest absolute Gasteiger partial charge is 0.337 e. The third-order valence-corrected chi connectivity index (χ3v) is 4.11. The van der Waals surface area contributed by atoms with Crippen molar-refractivity contribution < 1.29 is 14.6 Å². The predicted molar refractivity (Wildman–Crippen MR) is 86.1 cm³/mol. The van der Waals surface area contributed by atoms with Crippen molar-refractivity contribution in [3.63, 3.8) is 0 Å². The topological polar surface area (TPSA) is 46.5 Å². The minimum Gasteiger partial charge on any atom is -0.493 e. The van der Waals surface area contributed by atoms with Gasteiger partial charge in [0, 0.05) is 15.7 Å². The van der Waals surface area contributed by atoms with E-state index in [9.17, 15) is 4.79 Å². The second kappa shape index (κ2) is 7.59. The van der Waals surface area contributed by atoms with Gasteiger partial charge >= 0.3 is 5.97 Å². The van der Waals surface area contributed by atoms with Crippen molar-refractivity contribution in [2.24, 2.45) is 0 Å². The zero-order valence-corrected chi connectivity index (χ0v) is 13.2. The maximum atomic E-state index is 11.0. The lowest BCUT2D eigenvalue weighted by molar-refractivity contribution is 0.0697. The fraction of sp³-hybridized carbons (Fsp3) is 0.133. The quantitative estimate of drug-likeness (QED) is 0.601. The Morgan fingerprint density at radius 3 is 2.71 bits per heavy atom. The lowest BCUT2D eigenvalue weighted by Crippen LogP contribution is -2.01. The summed E-state index contributed by atoms with van der Waals surface area (Å²) in [6.07, 6.45) is 0. The van der Waals surface area contributed by atoms with Crippen molar-refractivity contribution in [1.29, 1.82) is 0 Å². The lowest BCUT2D eigenvalue weighted by Gasteiger charge is -2.07.